The topological polar surface area (TPSA) is 52.6 Å². The second-order valence-corrected chi connectivity index (χ2v) is 8.61. The molecule has 140 valence electrons. The second-order valence-electron chi connectivity index (χ2n) is 5.82. The summed E-state index contributed by atoms with van der Waals surface area (Å²) in [6.07, 6.45) is 0. The van der Waals surface area contributed by atoms with E-state index in [2.05, 4.69) is 0 Å². The summed E-state index contributed by atoms with van der Waals surface area (Å²) < 4.78 is 35.1. The molecule has 27 heavy (non-hydrogen) atoms. The summed E-state index contributed by atoms with van der Waals surface area (Å²) in [5.74, 6) is 2.07. The minimum absolute atomic E-state index is 0.114. The molecule has 3 rings (SSSR count). The van der Waals surface area contributed by atoms with Gasteiger partial charge in [-0.05, 0) is 55.5 Å². The maximum Gasteiger partial charge on any atom is 0.296 e. The predicted octanol–water partition coefficient (Wildman–Crippen LogP) is 5.28. The number of para-hydroxylation sites is 1. The van der Waals surface area contributed by atoms with Gasteiger partial charge in [-0.25, -0.2) is 0 Å². The number of aryl methyl sites for hydroxylation is 1. The number of hydrogen-bond donors (Lipinski definition) is 0. The van der Waals surface area contributed by atoms with Crippen LogP contribution < -0.4 is 4.74 Å². The van der Waals surface area contributed by atoms with Crippen LogP contribution in [0.4, 0.5) is 0 Å². The van der Waals surface area contributed by atoms with Crippen molar-refractivity contribution >= 4 is 21.9 Å². The van der Waals surface area contributed by atoms with E-state index in [4.69, 9.17) is 8.92 Å². The molecule has 0 atom stereocenters. The monoisotopic (exact) mass is 400 g/mol. The SMILES string of the molecule is Cc1ccc(S(=O)(=O)OCCSc2ccc(Oc3ccccc3)cc2)cc1. The van der Waals surface area contributed by atoms with E-state index in [0.29, 0.717) is 5.75 Å². The van der Waals surface area contributed by atoms with E-state index in [1.165, 1.54) is 11.8 Å². The Morgan fingerprint density at radius 2 is 1.44 bits per heavy atom. The van der Waals surface area contributed by atoms with Gasteiger partial charge >= 0.3 is 0 Å². The van der Waals surface area contributed by atoms with Crippen LogP contribution in [0.2, 0.25) is 0 Å². The van der Waals surface area contributed by atoms with Gasteiger partial charge in [-0.3, -0.25) is 4.18 Å². The van der Waals surface area contributed by atoms with E-state index in [9.17, 15) is 8.42 Å². The largest absolute Gasteiger partial charge is 0.457 e. The van der Waals surface area contributed by atoms with Gasteiger partial charge in [0.1, 0.15) is 11.5 Å². The van der Waals surface area contributed by atoms with Gasteiger partial charge in [0, 0.05) is 10.6 Å². The Bertz CT molecular complexity index is 951. The van der Waals surface area contributed by atoms with Crippen LogP contribution in [0.25, 0.3) is 0 Å². The third-order valence-corrected chi connectivity index (χ3v) is 6.01. The molecule has 0 heterocycles. The molecule has 0 unspecified atom stereocenters. The number of hydrogen-bond acceptors (Lipinski definition) is 5. The Labute approximate surface area is 164 Å². The van der Waals surface area contributed by atoms with Gasteiger partial charge < -0.3 is 4.74 Å². The zero-order valence-electron chi connectivity index (χ0n) is 14.9. The Morgan fingerprint density at radius 3 is 2.11 bits per heavy atom. The Kier molecular flexibility index (Phi) is 6.55. The molecule has 3 aromatic carbocycles. The standard InChI is InChI=1S/C21H20O4S2/c1-17-7-13-21(14-8-17)27(22,23)24-15-16-26-20-11-9-19(10-12-20)25-18-5-3-2-4-6-18/h2-14H,15-16H2,1H3. The number of ether oxygens (including phenoxy) is 1. The first-order chi connectivity index (χ1) is 13.0. The van der Waals surface area contributed by atoms with Gasteiger partial charge in [-0.1, -0.05) is 35.9 Å². The summed E-state index contributed by atoms with van der Waals surface area (Å²) in [6.45, 7) is 2.02. The zero-order valence-corrected chi connectivity index (χ0v) is 16.5. The van der Waals surface area contributed by atoms with Crippen molar-refractivity contribution in [3.63, 3.8) is 0 Å². The van der Waals surface area contributed by atoms with Crippen LogP contribution >= 0.6 is 11.8 Å². The van der Waals surface area contributed by atoms with E-state index in [1.807, 2.05) is 61.5 Å². The molecule has 0 aliphatic carbocycles. The Balaban J connectivity index is 1.47. The fourth-order valence-corrected chi connectivity index (χ4v) is 4.05. The lowest BCUT2D eigenvalue weighted by Crippen LogP contribution is -2.08. The number of rotatable bonds is 8. The molecule has 0 saturated carbocycles. The van der Waals surface area contributed by atoms with Crippen molar-refractivity contribution < 1.29 is 17.3 Å². The minimum Gasteiger partial charge on any atom is -0.457 e. The molecule has 0 saturated heterocycles. The normalized spacial score (nSPS) is 11.3. The lowest BCUT2D eigenvalue weighted by atomic mass is 10.2. The molecule has 0 amide bonds. The summed E-state index contributed by atoms with van der Waals surface area (Å²) in [6, 6.07) is 23.9. The molecule has 0 spiro atoms. The van der Waals surface area contributed by atoms with Gasteiger partial charge in [0.15, 0.2) is 0 Å². The smallest absolute Gasteiger partial charge is 0.296 e. The van der Waals surface area contributed by atoms with Crippen molar-refractivity contribution in [2.45, 2.75) is 16.7 Å². The summed E-state index contributed by atoms with van der Waals surface area (Å²) in [4.78, 5) is 1.20. The van der Waals surface area contributed by atoms with Crippen molar-refractivity contribution in [2.75, 3.05) is 12.4 Å². The first-order valence-corrected chi connectivity index (χ1v) is 10.8. The van der Waals surface area contributed by atoms with E-state index in [-0.39, 0.29) is 11.5 Å². The molecule has 4 nitrogen and oxygen atoms in total. The molecule has 3 aromatic rings. The fraction of sp³-hybridized carbons (Fsp3) is 0.143. The maximum atomic E-state index is 12.1. The van der Waals surface area contributed by atoms with Crippen LogP contribution in [-0.4, -0.2) is 20.8 Å². The average Bonchev–Trinajstić information content (AvgIpc) is 2.68. The lowest BCUT2D eigenvalue weighted by Gasteiger charge is -2.07. The van der Waals surface area contributed by atoms with Crippen molar-refractivity contribution in [1.82, 2.24) is 0 Å². The third-order valence-electron chi connectivity index (χ3n) is 3.70. The molecule has 0 aromatic heterocycles. The van der Waals surface area contributed by atoms with Crippen LogP contribution in [0.5, 0.6) is 11.5 Å². The van der Waals surface area contributed by atoms with Gasteiger partial charge in [0.25, 0.3) is 10.1 Å². The molecule has 0 fully saturated rings. The molecule has 0 aliphatic rings. The van der Waals surface area contributed by atoms with Crippen molar-refractivity contribution in [2.24, 2.45) is 0 Å². The minimum atomic E-state index is -3.71. The molecular weight excluding hydrogens is 380 g/mol. The highest BCUT2D eigenvalue weighted by atomic mass is 32.2. The third kappa shape index (κ3) is 5.85. The Hall–Kier alpha value is -2.28. The van der Waals surface area contributed by atoms with Crippen molar-refractivity contribution in [3.8, 4) is 11.5 Å². The Morgan fingerprint density at radius 1 is 0.815 bits per heavy atom. The fourth-order valence-electron chi connectivity index (χ4n) is 2.30. The summed E-state index contributed by atoms with van der Waals surface area (Å²) in [5.41, 5.74) is 1.00. The van der Waals surface area contributed by atoms with Crippen LogP contribution in [0.3, 0.4) is 0 Å². The van der Waals surface area contributed by atoms with Crippen LogP contribution in [0.1, 0.15) is 5.56 Å². The van der Waals surface area contributed by atoms with E-state index >= 15 is 0 Å². The number of thioether (sulfide) groups is 1. The van der Waals surface area contributed by atoms with Gasteiger partial charge in [-0.2, -0.15) is 8.42 Å². The molecule has 0 aliphatic heterocycles. The van der Waals surface area contributed by atoms with Crippen molar-refractivity contribution in [1.29, 1.82) is 0 Å². The highest BCUT2D eigenvalue weighted by Gasteiger charge is 2.14. The summed E-state index contributed by atoms with van der Waals surface area (Å²) in [7, 11) is -3.71. The number of benzene rings is 3. The van der Waals surface area contributed by atoms with Gasteiger partial charge in [0.2, 0.25) is 0 Å². The highest BCUT2D eigenvalue weighted by molar-refractivity contribution is 7.99. The van der Waals surface area contributed by atoms with Crippen LogP contribution in [0.15, 0.2) is 88.7 Å². The molecule has 0 radical (unpaired) electrons. The summed E-state index contributed by atoms with van der Waals surface area (Å²) >= 11 is 1.53. The van der Waals surface area contributed by atoms with Crippen LogP contribution in [0, 0.1) is 6.92 Å². The van der Waals surface area contributed by atoms with Crippen LogP contribution in [-0.2, 0) is 14.3 Å². The first-order valence-electron chi connectivity index (χ1n) is 8.45. The molecule has 0 bridgehead atoms. The average molecular weight is 401 g/mol. The highest BCUT2D eigenvalue weighted by Crippen LogP contribution is 2.25. The van der Waals surface area contributed by atoms with Gasteiger partial charge in [0.05, 0.1) is 11.5 Å². The predicted molar refractivity (Wildman–Crippen MR) is 108 cm³/mol. The van der Waals surface area contributed by atoms with E-state index in [0.717, 1.165) is 22.0 Å². The summed E-state index contributed by atoms with van der Waals surface area (Å²) in [5, 5.41) is 0. The quantitative estimate of drug-likeness (QED) is 0.292. The molecule has 6 heteroatoms. The maximum absolute atomic E-state index is 12.1. The lowest BCUT2D eigenvalue weighted by molar-refractivity contribution is 0.341. The zero-order chi connectivity index (χ0) is 19.1. The van der Waals surface area contributed by atoms with Crippen molar-refractivity contribution in [3.05, 3.63) is 84.4 Å². The second kappa shape index (κ2) is 9.08. The van der Waals surface area contributed by atoms with E-state index < -0.39 is 10.1 Å². The van der Waals surface area contributed by atoms with Gasteiger partial charge in [-0.15, -0.1) is 11.8 Å². The molecular formula is C21H20O4S2. The first kappa shape index (κ1) is 19.5. The van der Waals surface area contributed by atoms with E-state index in [1.54, 1.807) is 24.3 Å². The molecule has 0 N–H and O–H groups in total.